The molecule has 0 radical (unpaired) electrons. The van der Waals surface area contributed by atoms with Gasteiger partial charge in [0.2, 0.25) is 0 Å². The molecule has 1 saturated carbocycles. The molecule has 0 bridgehead atoms. The van der Waals surface area contributed by atoms with Gasteiger partial charge in [-0.15, -0.1) is 0 Å². The fraction of sp³-hybridized carbons (Fsp3) is 0.800. The van der Waals surface area contributed by atoms with Gasteiger partial charge in [-0.2, -0.15) is 5.10 Å². The molecular weight excluding hydrogens is 222 g/mol. The van der Waals surface area contributed by atoms with Crippen molar-refractivity contribution in [1.29, 1.82) is 0 Å². The maximum atomic E-state index is 4.49. The van der Waals surface area contributed by atoms with Gasteiger partial charge in [0.15, 0.2) is 0 Å². The Morgan fingerprint density at radius 1 is 1.28 bits per heavy atom. The van der Waals surface area contributed by atoms with Gasteiger partial charge >= 0.3 is 0 Å². The Morgan fingerprint density at radius 2 is 2.00 bits per heavy atom. The molecule has 3 nitrogen and oxygen atoms in total. The molecule has 1 fully saturated rings. The molecule has 3 heteroatoms. The summed E-state index contributed by atoms with van der Waals surface area (Å²) < 4.78 is 2.11. The number of nitrogens with zero attached hydrogens (tertiary/aromatic N) is 2. The topological polar surface area (TPSA) is 29.9 Å². The predicted molar refractivity (Wildman–Crippen MR) is 75.5 cm³/mol. The highest BCUT2D eigenvalue weighted by Crippen LogP contribution is 2.26. The van der Waals surface area contributed by atoms with Gasteiger partial charge in [-0.3, -0.25) is 4.68 Å². The van der Waals surface area contributed by atoms with Crippen molar-refractivity contribution < 1.29 is 0 Å². The molecule has 0 saturated heterocycles. The molecular formula is C15H27N3. The summed E-state index contributed by atoms with van der Waals surface area (Å²) in [6, 6.07) is 2.92. The number of aromatic nitrogens is 2. The van der Waals surface area contributed by atoms with Crippen LogP contribution in [-0.2, 0) is 13.1 Å². The molecule has 1 N–H and O–H groups in total. The summed E-state index contributed by atoms with van der Waals surface area (Å²) in [6.45, 7) is 8.48. The molecule has 0 amide bonds. The predicted octanol–water partition coefficient (Wildman–Crippen LogP) is 3.27. The molecule has 18 heavy (non-hydrogen) atoms. The Balaban J connectivity index is 1.81. The Kier molecular flexibility index (Phi) is 4.81. The molecule has 0 atom stereocenters. The van der Waals surface area contributed by atoms with Crippen LogP contribution in [-0.4, -0.2) is 15.8 Å². The number of aryl methyl sites for hydroxylation is 2. The van der Waals surface area contributed by atoms with Crippen LogP contribution >= 0.6 is 0 Å². The second-order valence-corrected chi connectivity index (χ2v) is 5.60. The van der Waals surface area contributed by atoms with Gasteiger partial charge in [0.05, 0.1) is 11.4 Å². The Morgan fingerprint density at radius 3 is 2.61 bits per heavy atom. The maximum absolute atomic E-state index is 4.49. The van der Waals surface area contributed by atoms with E-state index in [1.165, 1.54) is 37.8 Å². The van der Waals surface area contributed by atoms with Crippen molar-refractivity contribution in [2.45, 2.75) is 72.0 Å². The van der Waals surface area contributed by atoms with Crippen LogP contribution in [0.3, 0.4) is 0 Å². The van der Waals surface area contributed by atoms with Gasteiger partial charge < -0.3 is 5.32 Å². The number of nitrogens with one attached hydrogen (secondary N) is 1. The van der Waals surface area contributed by atoms with Crippen LogP contribution in [0.1, 0.15) is 57.3 Å². The summed E-state index contributed by atoms with van der Waals surface area (Å²) in [5, 5.41) is 8.20. The first-order valence-corrected chi connectivity index (χ1v) is 7.49. The van der Waals surface area contributed by atoms with Gasteiger partial charge in [0.1, 0.15) is 0 Å². The first-order chi connectivity index (χ1) is 8.72. The third-order valence-corrected chi connectivity index (χ3v) is 4.28. The van der Waals surface area contributed by atoms with Gasteiger partial charge in [-0.1, -0.05) is 13.3 Å². The van der Waals surface area contributed by atoms with Crippen LogP contribution in [0.5, 0.6) is 0 Å². The van der Waals surface area contributed by atoms with E-state index >= 15 is 0 Å². The fourth-order valence-corrected chi connectivity index (χ4v) is 3.04. The smallest absolute Gasteiger partial charge is 0.0597 e. The first kappa shape index (κ1) is 13.6. The van der Waals surface area contributed by atoms with Crippen LogP contribution in [0.15, 0.2) is 6.07 Å². The Labute approximate surface area is 111 Å². The second kappa shape index (κ2) is 6.37. The Hall–Kier alpha value is -0.830. The SMILES string of the molecule is CCC1CCC(NCc2cc(C)nn2CC)CC1. The minimum atomic E-state index is 0.716. The molecule has 0 spiro atoms. The van der Waals surface area contributed by atoms with Crippen molar-refractivity contribution in [3.05, 3.63) is 17.5 Å². The van der Waals surface area contributed by atoms with Crippen molar-refractivity contribution in [1.82, 2.24) is 15.1 Å². The lowest BCUT2D eigenvalue weighted by molar-refractivity contribution is 0.283. The van der Waals surface area contributed by atoms with E-state index in [9.17, 15) is 0 Å². The molecule has 0 aliphatic heterocycles. The second-order valence-electron chi connectivity index (χ2n) is 5.60. The van der Waals surface area contributed by atoms with Gasteiger partial charge in [-0.25, -0.2) is 0 Å². The van der Waals surface area contributed by atoms with Crippen LogP contribution in [0.2, 0.25) is 0 Å². The monoisotopic (exact) mass is 249 g/mol. The third-order valence-electron chi connectivity index (χ3n) is 4.28. The highest BCUT2D eigenvalue weighted by molar-refractivity contribution is 5.08. The third kappa shape index (κ3) is 3.35. The summed E-state index contributed by atoms with van der Waals surface area (Å²) in [7, 11) is 0. The van der Waals surface area contributed by atoms with E-state index in [2.05, 4.69) is 41.9 Å². The van der Waals surface area contributed by atoms with Crippen molar-refractivity contribution >= 4 is 0 Å². The minimum absolute atomic E-state index is 0.716. The van der Waals surface area contributed by atoms with Crippen molar-refractivity contribution in [2.24, 2.45) is 5.92 Å². The summed E-state index contributed by atoms with van der Waals surface area (Å²) in [5.74, 6) is 0.978. The van der Waals surface area contributed by atoms with E-state index < -0.39 is 0 Å². The Bertz CT molecular complexity index is 362. The van der Waals surface area contributed by atoms with Gasteiger partial charge in [0, 0.05) is 19.1 Å². The van der Waals surface area contributed by atoms with Crippen molar-refractivity contribution in [3.63, 3.8) is 0 Å². The van der Waals surface area contributed by atoms with E-state index in [4.69, 9.17) is 0 Å². The van der Waals surface area contributed by atoms with Crippen LogP contribution in [0.25, 0.3) is 0 Å². The molecule has 1 heterocycles. The highest BCUT2D eigenvalue weighted by Gasteiger charge is 2.19. The number of hydrogen-bond acceptors (Lipinski definition) is 2. The van der Waals surface area contributed by atoms with Crippen LogP contribution in [0.4, 0.5) is 0 Å². The van der Waals surface area contributed by atoms with Gasteiger partial charge in [-0.05, 0) is 51.5 Å². The van der Waals surface area contributed by atoms with E-state index in [0.717, 1.165) is 24.7 Å². The zero-order valence-electron chi connectivity index (χ0n) is 12.1. The van der Waals surface area contributed by atoms with Crippen LogP contribution < -0.4 is 5.32 Å². The zero-order valence-corrected chi connectivity index (χ0v) is 12.1. The summed E-state index contributed by atoms with van der Waals surface area (Å²) in [5.41, 5.74) is 2.45. The van der Waals surface area contributed by atoms with E-state index in [-0.39, 0.29) is 0 Å². The molecule has 1 aromatic heterocycles. The highest BCUT2D eigenvalue weighted by atomic mass is 15.3. The standard InChI is InChI=1S/C15H27N3/c1-4-13-6-8-14(9-7-13)16-11-15-10-12(3)17-18(15)5-2/h10,13-14,16H,4-9,11H2,1-3H3. The average molecular weight is 249 g/mol. The largest absolute Gasteiger partial charge is 0.308 e. The van der Waals surface area contributed by atoms with E-state index in [1.807, 2.05) is 0 Å². The molecule has 1 aliphatic carbocycles. The molecule has 0 aromatic carbocycles. The molecule has 2 rings (SSSR count). The lowest BCUT2D eigenvalue weighted by Gasteiger charge is -2.28. The molecule has 1 aromatic rings. The zero-order chi connectivity index (χ0) is 13.0. The summed E-state index contributed by atoms with van der Waals surface area (Å²) in [4.78, 5) is 0. The van der Waals surface area contributed by atoms with Crippen LogP contribution in [0, 0.1) is 12.8 Å². The molecule has 102 valence electrons. The maximum Gasteiger partial charge on any atom is 0.0597 e. The number of hydrogen-bond donors (Lipinski definition) is 1. The average Bonchev–Trinajstić information content (AvgIpc) is 2.77. The normalized spacial score (nSPS) is 24.4. The summed E-state index contributed by atoms with van der Waals surface area (Å²) in [6.07, 6.45) is 6.85. The minimum Gasteiger partial charge on any atom is -0.308 e. The molecule has 1 aliphatic rings. The fourth-order valence-electron chi connectivity index (χ4n) is 3.04. The quantitative estimate of drug-likeness (QED) is 0.868. The van der Waals surface area contributed by atoms with E-state index in [0.29, 0.717) is 6.04 Å². The first-order valence-electron chi connectivity index (χ1n) is 7.49. The van der Waals surface area contributed by atoms with Crippen molar-refractivity contribution in [2.75, 3.05) is 0 Å². The van der Waals surface area contributed by atoms with E-state index in [1.54, 1.807) is 0 Å². The van der Waals surface area contributed by atoms with Gasteiger partial charge in [0.25, 0.3) is 0 Å². The lowest BCUT2D eigenvalue weighted by Crippen LogP contribution is -2.33. The number of rotatable bonds is 5. The lowest BCUT2D eigenvalue weighted by atomic mass is 9.84. The van der Waals surface area contributed by atoms with Crippen molar-refractivity contribution in [3.8, 4) is 0 Å². The summed E-state index contributed by atoms with van der Waals surface area (Å²) >= 11 is 0. The molecule has 0 unspecified atom stereocenters.